The van der Waals surface area contributed by atoms with Crippen molar-refractivity contribution in [3.05, 3.63) is 114 Å². The first-order valence-electron chi connectivity index (χ1n) is 10.9. The molecule has 3 aromatic carbocycles. The van der Waals surface area contributed by atoms with Crippen LogP contribution < -0.4 is 10.6 Å². The average Bonchev–Trinajstić information content (AvgIpc) is 2.88. The Morgan fingerprint density at radius 3 is 2.37 bits per heavy atom. The van der Waals surface area contributed by atoms with Gasteiger partial charge in [-0.25, -0.2) is 4.98 Å². The van der Waals surface area contributed by atoms with Crippen LogP contribution in [0, 0.1) is 0 Å². The predicted octanol–water partition coefficient (Wildman–Crippen LogP) is 5.40. The summed E-state index contributed by atoms with van der Waals surface area (Å²) in [6, 6.07) is 28.1. The molecule has 0 saturated carbocycles. The summed E-state index contributed by atoms with van der Waals surface area (Å²) >= 11 is 0. The molecule has 1 heterocycles. The largest absolute Gasteiger partial charge is 0.481 e. The third kappa shape index (κ3) is 6.18. The highest BCUT2D eigenvalue weighted by molar-refractivity contribution is 7.85. The van der Waals surface area contributed by atoms with Crippen LogP contribution in [0.3, 0.4) is 0 Å². The lowest BCUT2D eigenvalue weighted by Crippen LogP contribution is -2.17. The molecular weight excluding hydrogens is 462 g/mol. The number of carboxylic acid groups (broad SMARTS) is 1. The molecular formula is C27H23N3O4S. The lowest BCUT2D eigenvalue weighted by Gasteiger charge is -2.18. The number of rotatable bonds is 9. The molecule has 176 valence electrons. The number of carbonyl (C=O) groups is 2. The van der Waals surface area contributed by atoms with Gasteiger partial charge in [0.1, 0.15) is 5.82 Å². The molecule has 1 amide bonds. The lowest BCUT2D eigenvalue weighted by molar-refractivity contribution is -0.137. The Balaban J connectivity index is 1.57. The van der Waals surface area contributed by atoms with Gasteiger partial charge in [0.15, 0.2) is 0 Å². The molecule has 0 aliphatic rings. The first-order valence-corrected chi connectivity index (χ1v) is 12.1. The van der Waals surface area contributed by atoms with E-state index in [-0.39, 0.29) is 12.3 Å². The second-order valence-corrected chi connectivity index (χ2v) is 9.27. The molecule has 35 heavy (non-hydrogen) atoms. The quantitative estimate of drug-likeness (QED) is 0.293. The van der Waals surface area contributed by atoms with Gasteiger partial charge in [-0.2, -0.15) is 0 Å². The van der Waals surface area contributed by atoms with Crippen molar-refractivity contribution in [1.29, 1.82) is 0 Å². The molecule has 0 bridgehead atoms. The van der Waals surface area contributed by atoms with E-state index in [1.54, 1.807) is 72.9 Å². The summed E-state index contributed by atoms with van der Waals surface area (Å²) in [4.78, 5) is 29.2. The van der Waals surface area contributed by atoms with Crippen molar-refractivity contribution in [1.82, 2.24) is 4.98 Å². The van der Waals surface area contributed by atoms with Gasteiger partial charge in [0.2, 0.25) is 0 Å². The number of aromatic nitrogens is 1. The minimum atomic E-state index is -1.72. The van der Waals surface area contributed by atoms with E-state index in [9.17, 15) is 18.9 Å². The maximum atomic E-state index is 13.6. The van der Waals surface area contributed by atoms with Crippen LogP contribution in [-0.4, -0.2) is 26.2 Å². The van der Waals surface area contributed by atoms with Crippen molar-refractivity contribution in [2.24, 2.45) is 0 Å². The number of amides is 1. The molecule has 2 unspecified atom stereocenters. The number of nitrogens with zero attached hydrogens (tertiary/aromatic N) is 1. The van der Waals surface area contributed by atoms with E-state index in [4.69, 9.17) is 0 Å². The van der Waals surface area contributed by atoms with Crippen LogP contribution in [0.15, 0.2) is 108 Å². The highest BCUT2D eigenvalue weighted by atomic mass is 32.2. The van der Waals surface area contributed by atoms with Gasteiger partial charge in [-0.15, -0.1) is 0 Å². The number of carbonyl (C=O) groups excluding carboxylic acids is 1. The zero-order valence-corrected chi connectivity index (χ0v) is 19.4. The molecule has 3 N–H and O–H groups in total. The fourth-order valence-corrected chi connectivity index (χ4v) is 5.11. The van der Waals surface area contributed by atoms with Crippen molar-refractivity contribution in [3.63, 3.8) is 0 Å². The SMILES string of the molecule is O=C(O)CC(c1ccccc1)S(=O)c1ccccc1NC(=O)c1cccc(Nc2ccccn2)c1. The van der Waals surface area contributed by atoms with Crippen molar-refractivity contribution >= 4 is 39.9 Å². The Morgan fingerprint density at radius 1 is 0.886 bits per heavy atom. The minimum absolute atomic E-state index is 0.305. The van der Waals surface area contributed by atoms with Gasteiger partial charge in [0.05, 0.1) is 33.1 Å². The number of hydrogen-bond donors (Lipinski definition) is 3. The van der Waals surface area contributed by atoms with Crippen LogP contribution in [0.25, 0.3) is 0 Å². The maximum Gasteiger partial charge on any atom is 0.304 e. The Hall–Kier alpha value is -4.30. The molecule has 0 saturated heterocycles. The van der Waals surface area contributed by atoms with Crippen LogP contribution in [0.2, 0.25) is 0 Å². The van der Waals surface area contributed by atoms with E-state index in [0.717, 1.165) is 0 Å². The minimum Gasteiger partial charge on any atom is -0.481 e. The predicted molar refractivity (Wildman–Crippen MR) is 136 cm³/mol. The van der Waals surface area contributed by atoms with Crippen molar-refractivity contribution in [2.45, 2.75) is 16.6 Å². The van der Waals surface area contributed by atoms with E-state index in [0.29, 0.717) is 33.2 Å². The zero-order valence-electron chi connectivity index (χ0n) is 18.6. The molecule has 4 rings (SSSR count). The smallest absolute Gasteiger partial charge is 0.304 e. The molecule has 7 nitrogen and oxygen atoms in total. The van der Waals surface area contributed by atoms with Crippen LogP contribution in [0.5, 0.6) is 0 Å². The number of benzene rings is 3. The number of carboxylic acids is 1. The Morgan fingerprint density at radius 2 is 1.63 bits per heavy atom. The van der Waals surface area contributed by atoms with Crippen LogP contribution >= 0.6 is 0 Å². The fraction of sp³-hybridized carbons (Fsp3) is 0.0741. The summed E-state index contributed by atoms with van der Waals surface area (Å²) in [6.45, 7) is 0. The van der Waals surface area contributed by atoms with Gasteiger partial charge in [-0.3, -0.25) is 13.8 Å². The third-order valence-electron chi connectivity index (χ3n) is 5.20. The molecule has 0 spiro atoms. The number of nitrogens with one attached hydrogen (secondary N) is 2. The summed E-state index contributed by atoms with van der Waals surface area (Å²) in [5.74, 6) is -0.782. The second-order valence-electron chi connectivity index (χ2n) is 7.67. The van der Waals surface area contributed by atoms with Gasteiger partial charge < -0.3 is 15.7 Å². The molecule has 4 aromatic rings. The van der Waals surface area contributed by atoms with Crippen LogP contribution in [0.1, 0.15) is 27.6 Å². The second kappa shape index (κ2) is 11.2. The van der Waals surface area contributed by atoms with E-state index in [1.807, 2.05) is 30.3 Å². The summed E-state index contributed by atoms with van der Waals surface area (Å²) in [5, 5.41) is 14.6. The Kier molecular flexibility index (Phi) is 7.64. The Bertz CT molecular complexity index is 1350. The standard InChI is InChI=1S/C27H23N3O4S/c31-26(32)18-24(19-9-2-1-3-10-19)35(34)23-14-5-4-13-22(23)30-27(33)20-11-8-12-21(17-20)29-25-15-6-7-16-28-25/h1-17,24H,18H2,(H,28,29)(H,30,33)(H,31,32). The van der Waals surface area contributed by atoms with Crippen LogP contribution in [0.4, 0.5) is 17.2 Å². The van der Waals surface area contributed by atoms with Crippen molar-refractivity contribution in [3.8, 4) is 0 Å². The number of hydrogen-bond acceptors (Lipinski definition) is 5. The first kappa shape index (κ1) is 23.8. The number of aliphatic carboxylic acids is 1. The third-order valence-corrected chi connectivity index (χ3v) is 6.95. The first-order chi connectivity index (χ1) is 17.0. The molecule has 0 fully saturated rings. The fourth-order valence-electron chi connectivity index (χ4n) is 3.56. The highest BCUT2D eigenvalue weighted by Gasteiger charge is 2.25. The number of para-hydroxylation sites is 1. The van der Waals surface area contributed by atoms with E-state index >= 15 is 0 Å². The molecule has 1 aromatic heterocycles. The number of anilines is 3. The molecule has 0 radical (unpaired) electrons. The van der Waals surface area contributed by atoms with E-state index < -0.39 is 22.0 Å². The topological polar surface area (TPSA) is 108 Å². The summed E-state index contributed by atoms with van der Waals surface area (Å²) in [6.07, 6.45) is 1.36. The average molecular weight is 486 g/mol. The van der Waals surface area contributed by atoms with Gasteiger partial charge in [0, 0.05) is 17.4 Å². The molecule has 2 atom stereocenters. The summed E-state index contributed by atoms with van der Waals surface area (Å²) < 4.78 is 13.6. The molecule has 0 aliphatic carbocycles. The Labute approximate surface area is 205 Å². The highest BCUT2D eigenvalue weighted by Crippen LogP contribution is 2.32. The van der Waals surface area contributed by atoms with E-state index in [2.05, 4.69) is 15.6 Å². The molecule has 0 aliphatic heterocycles. The van der Waals surface area contributed by atoms with Gasteiger partial charge >= 0.3 is 5.97 Å². The number of pyridine rings is 1. The zero-order chi connectivity index (χ0) is 24.6. The summed E-state index contributed by atoms with van der Waals surface area (Å²) in [5.41, 5.74) is 2.11. The normalized spacial score (nSPS) is 12.3. The van der Waals surface area contributed by atoms with E-state index in [1.165, 1.54) is 0 Å². The van der Waals surface area contributed by atoms with Crippen molar-refractivity contribution < 1.29 is 18.9 Å². The monoisotopic (exact) mass is 485 g/mol. The van der Waals surface area contributed by atoms with Gasteiger partial charge in [0.25, 0.3) is 5.91 Å². The lowest BCUT2D eigenvalue weighted by atomic mass is 10.1. The maximum absolute atomic E-state index is 13.6. The van der Waals surface area contributed by atoms with Gasteiger partial charge in [-0.1, -0.05) is 54.6 Å². The van der Waals surface area contributed by atoms with Crippen molar-refractivity contribution in [2.75, 3.05) is 10.6 Å². The summed E-state index contributed by atoms with van der Waals surface area (Å²) in [7, 11) is -1.72. The van der Waals surface area contributed by atoms with Crippen LogP contribution in [-0.2, 0) is 15.6 Å². The molecule has 8 heteroatoms. The van der Waals surface area contributed by atoms with Gasteiger partial charge in [-0.05, 0) is 48.0 Å².